The van der Waals surface area contributed by atoms with Crippen molar-refractivity contribution in [1.82, 2.24) is 10.6 Å². The molecule has 2 N–H and O–H groups in total. The van der Waals surface area contributed by atoms with Crippen LogP contribution < -0.4 is 10.6 Å². The number of hydrogen-bond donors (Lipinski definition) is 2. The van der Waals surface area contributed by atoms with E-state index in [1.807, 2.05) is 0 Å². The molecule has 0 spiro atoms. The molecule has 0 aliphatic carbocycles. The Labute approximate surface area is 91.8 Å². The maximum Gasteiger partial charge on any atom is 0.234 e. The van der Waals surface area contributed by atoms with Gasteiger partial charge in [0.05, 0.1) is 6.54 Å². The van der Waals surface area contributed by atoms with Crippen molar-refractivity contribution < 1.29 is 13.6 Å². The van der Waals surface area contributed by atoms with Gasteiger partial charge >= 0.3 is 0 Å². The van der Waals surface area contributed by atoms with Crippen molar-refractivity contribution in [3.8, 4) is 0 Å². The Kier molecular flexibility index (Phi) is 3.14. The van der Waals surface area contributed by atoms with Crippen molar-refractivity contribution in [1.29, 1.82) is 0 Å². The second-order valence-corrected chi connectivity index (χ2v) is 3.84. The van der Waals surface area contributed by atoms with E-state index in [-0.39, 0.29) is 11.9 Å². The molecule has 5 heteroatoms. The molecule has 1 fully saturated rings. The molecule has 1 aromatic rings. The number of carbonyl (C=O) groups is 1. The molecular weight excluding hydrogens is 214 g/mol. The number of carbonyl (C=O) groups excluding carboxylic acids is 1. The van der Waals surface area contributed by atoms with Crippen LogP contribution in [-0.2, 0) is 11.2 Å². The number of nitrogens with one attached hydrogen (secondary N) is 2. The number of amides is 1. The number of rotatable bonds is 2. The molecule has 16 heavy (non-hydrogen) atoms. The summed E-state index contributed by atoms with van der Waals surface area (Å²) >= 11 is 0. The molecule has 1 saturated heterocycles. The highest BCUT2D eigenvalue weighted by Gasteiger charge is 2.19. The van der Waals surface area contributed by atoms with Crippen molar-refractivity contribution in [2.45, 2.75) is 12.5 Å². The van der Waals surface area contributed by atoms with Gasteiger partial charge in [-0.15, -0.1) is 0 Å². The maximum absolute atomic E-state index is 13.3. The molecule has 1 atom stereocenters. The Morgan fingerprint density at radius 1 is 1.38 bits per heavy atom. The number of hydrogen-bond acceptors (Lipinski definition) is 2. The molecule has 3 nitrogen and oxygen atoms in total. The van der Waals surface area contributed by atoms with Gasteiger partial charge in [-0.1, -0.05) is 6.07 Å². The number of halogens is 2. The first-order chi connectivity index (χ1) is 7.65. The summed E-state index contributed by atoms with van der Waals surface area (Å²) in [4.78, 5) is 11.1. The van der Waals surface area contributed by atoms with Crippen LogP contribution in [0.2, 0.25) is 0 Å². The van der Waals surface area contributed by atoms with E-state index < -0.39 is 11.6 Å². The van der Waals surface area contributed by atoms with Crippen LogP contribution in [-0.4, -0.2) is 25.0 Å². The molecule has 0 saturated carbocycles. The summed E-state index contributed by atoms with van der Waals surface area (Å²) in [7, 11) is 0. The van der Waals surface area contributed by atoms with Gasteiger partial charge in [-0.05, 0) is 18.1 Å². The smallest absolute Gasteiger partial charge is 0.234 e. The van der Waals surface area contributed by atoms with Crippen molar-refractivity contribution in [2.24, 2.45) is 0 Å². The summed E-state index contributed by atoms with van der Waals surface area (Å²) in [6.07, 6.45) is 0.366. The Morgan fingerprint density at radius 3 is 2.88 bits per heavy atom. The Hall–Kier alpha value is -1.49. The zero-order valence-electron chi connectivity index (χ0n) is 8.59. The van der Waals surface area contributed by atoms with E-state index in [0.29, 0.717) is 25.1 Å². The second kappa shape index (κ2) is 4.57. The van der Waals surface area contributed by atoms with Gasteiger partial charge in [0.15, 0.2) is 0 Å². The summed E-state index contributed by atoms with van der Waals surface area (Å²) in [5, 5.41) is 5.67. The van der Waals surface area contributed by atoms with Crippen molar-refractivity contribution in [3.63, 3.8) is 0 Å². The van der Waals surface area contributed by atoms with E-state index in [9.17, 15) is 13.6 Å². The third-order valence-electron chi connectivity index (χ3n) is 2.52. The third-order valence-corrected chi connectivity index (χ3v) is 2.52. The first-order valence-corrected chi connectivity index (χ1v) is 5.09. The molecule has 1 amide bonds. The minimum absolute atomic E-state index is 0.0984. The molecule has 0 aromatic heterocycles. The van der Waals surface area contributed by atoms with E-state index >= 15 is 0 Å². The highest BCUT2D eigenvalue weighted by molar-refractivity contribution is 5.79. The molecule has 0 radical (unpaired) electrons. The summed E-state index contributed by atoms with van der Waals surface area (Å²) in [5.74, 6) is -1.26. The zero-order chi connectivity index (χ0) is 11.5. The Morgan fingerprint density at radius 2 is 2.19 bits per heavy atom. The summed E-state index contributed by atoms with van der Waals surface area (Å²) in [6.45, 7) is 0.894. The maximum atomic E-state index is 13.3. The average molecular weight is 226 g/mol. The van der Waals surface area contributed by atoms with Crippen molar-refractivity contribution in [3.05, 3.63) is 35.4 Å². The van der Waals surface area contributed by atoms with E-state index in [1.54, 1.807) is 0 Å². The molecule has 1 unspecified atom stereocenters. The standard InChI is InChI=1S/C11H12F2N2O/c12-8-2-1-7(10(13)4-8)3-9-5-14-6-11(16)15-9/h1-2,4,9,14H,3,5-6H2,(H,15,16). The monoisotopic (exact) mass is 226 g/mol. The molecule has 86 valence electrons. The lowest BCUT2D eigenvalue weighted by atomic mass is 10.0. The topological polar surface area (TPSA) is 41.1 Å². The van der Waals surface area contributed by atoms with Crippen LogP contribution in [0.15, 0.2) is 18.2 Å². The zero-order valence-corrected chi connectivity index (χ0v) is 8.59. The minimum atomic E-state index is -0.591. The highest BCUT2D eigenvalue weighted by atomic mass is 19.1. The van der Waals surface area contributed by atoms with Crippen LogP contribution in [0.4, 0.5) is 8.78 Å². The van der Waals surface area contributed by atoms with Gasteiger partial charge in [0.1, 0.15) is 11.6 Å². The van der Waals surface area contributed by atoms with E-state index in [2.05, 4.69) is 10.6 Å². The summed E-state index contributed by atoms with van der Waals surface area (Å²) in [6, 6.07) is 3.34. The Balaban J connectivity index is 2.05. The SMILES string of the molecule is O=C1CNCC(Cc2ccc(F)cc2F)N1. The van der Waals surface area contributed by atoms with Crippen LogP contribution in [0.1, 0.15) is 5.56 Å². The van der Waals surface area contributed by atoms with Gasteiger partial charge in [0, 0.05) is 18.7 Å². The van der Waals surface area contributed by atoms with Crippen LogP contribution in [0.5, 0.6) is 0 Å². The first-order valence-electron chi connectivity index (χ1n) is 5.09. The first kappa shape index (κ1) is 11.0. The fourth-order valence-electron chi connectivity index (χ4n) is 1.77. The van der Waals surface area contributed by atoms with Crippen molar-refractivity contribution in [2.75, 3.05) is 13.1 Å². The van der Waals surface area contributed by atoms with Crippen LogP contribution in [0.25, 0.3) is 0 Å². The lowest BCUT2D eigenvalue weighted by Gasteiger charge is -2.24. The van der Waals surface area contributed by atoms with E-state index in [1.165, 1.54) is 12.1 Å². The molecule has 1 heterocycles. The lowest BCUT2D eigenvalue weighted by molar-refractivity contribution is -0.122. The van der Waals surface area contributed by atoms with Crippen LogP contribution in [0.3, 0.4) is 0 Å². The minimum Gasteiger partial charge on any atom is -0.351 e. The highest BCUT2D eigenvalue weighted by Crippen LogP contribution is 2.12. The van der Waals surface area contributed by atoms with Crippen LogP contribution >= 0.6 is 0 Å². The fraction of sp³-hybridized carbons (Fsp3) is 0.364. The van der Waals surface area contributed by atoms with Gasteiger partial charge in [0.2, 0.25) is 5.91 Å². The summed E-state index contributed by atoms with van der Waals surface area (Å²) < 4.78 is 26.0. The normalized spacial score (nSPS) is 20.6. The number of benzene rings is 1. The van der Waals surface area contributed by atoms with Gasteiger partial charge in [-0.3, -0.25) is 4.79 Å². The third kappa shape index (κ3) is 2.55. The predicted molar refractivity (Wildman–Crippen MR) is 54.9 cm³/mol. The Bertz CT molecular complexity index is 409. The average Bonchev–Trinajstić information content (AvgIpc) is 2.22. The van der Waals surface area contributed by atoms with E-state index in [4.69, 9.17) is 0 Å². The van der Waals surface area contributed by atoms with E-state index in [0.717, 1.165) is 6.07 Å². The molecule has 1 aliphatic heterocycles. The molecule has 1 aliphatic rings. The fourth-order valence-corrected chi connectivity index (χ4v) is 1.77. The van der Waals surface area contributed by atoms with Crippen LogP contribution in [0, 0.1) is 11.6 Å². The van der Waals surface area contributed by atoms with Crippen molar-refractivity contribution >= 4 is 5.91 Å². The predicted octanol–water partition coefficient (Wildman–Crippen LogP) is 0.595. The lowest BCUT2D eigenvalue weighted by Crippen LogP contribution is -2.53. The summed E-state index contributed by atoms with van der Waals surface area (Å²) in [5.41, 5.74) is 0.412. The quantitative estimate of drug-likeness (QED) is 0.775. The molecular formula is C11H12F2N2O. The molecule has 1 aromatic carbocycles. The van der Waals surface area contributed by atoms with Gasteiger partial charge < -0.3 is 10.6 Å². The number of piperazine rings is 1. The van der Waals surface area contributed by atoms with Gasteiger partial charge in [0.25, 0.3) is 0 Å². The molecule has 0 bridgehead atoms. The van der Waals surface area contributed by atoms with Gasteiger partial charge in [-0.25, -0.2) is 8.78 Å². The largest absolute Gasteiger partial charge is 0.351 e. The van der Waals surface area contributed by atoms with Gasteiger partial charge in [-0.2, -0.15) is 0 Å². The second-order valence-electron chi connectivity index (χ2n) is 3.84. The molecule has 2 rings (SSSR count).